The van der Waals surface area contributed by atoms with Crippen LogP contribution in [0.2, 0.25) is 0 Å². The third-order valence-electron chi connectivity index (χ3n) is 2.58. The van der Waals surface area contributed by atoms with E-state index in [4.69, 9.17) is 4.74 Å². The minimum absolute atomic E-state index is 0.118. The Morgan fingerprint density at radius 2 is 1.95 bits per heavy atom. The summed E-state index contributed by atoms with van der Waals surface area (Å²) in [5, 5.41) is 0. The van der Waals surface area contributed by atoms with Crippen molar-refractivity contribution in [3.63, 3.8) is 0 Å². The average Bonchev–Trinajstić information content (AvgIpc) is 2.45. The van der Waals surface area contributed by atoms with Crippen molar-refractivity contribution < 1.29 is 9.53 Å². The van der Waals surface area contributed by atoms with Gasteiger partial charge in [-0.15, -0.1) is 11.8 Å². The lowest BCUT2D eigenvalue weighted by atomic mass is 10.1. The van der Waals surface area contributed by atoms with E-state index in [-0.39, 0.29) is 5.78 Å². The molecule has 0 atom stereocenters. The number of thioether (sulfide) groups is 1. The van der Waals surface area contributed by atoms with Crippen LogP contribution in [0.5, 0.6) is 5.75 Å². The molecule has 0 saturated carbocycles. The predicted molar refractivity (Wildman–Crippen MR) is 82.2 cm³/mol. The molecule has 0 amide bonds. The second-order valence-electron chi connectivity index (χ2n) is 3.90. The van der Waals surface area contributed by atoms with Crippen LogP contribution >= 0.6 is 27.7 Å². The number of hydrogen-bond donors (Lipinski definition) is 0. The van der Waals surface area contributed by atoms with E-state index in [0.717, 1.165) is 15.1 Å². The number of methoxy groups -OCH3 is 1. The van der Waals surface area contributed by atoms with Crippen molar-refractivity contribution in [2.75, 3.05) is 12.9 Å². The zero-order chi connectivity index (χ0) is 13.7. The molecule has 0 saturated heterocycles. The first-order valence-electron chi connectivity index (χ1n) is 5.74. The van der Waals surface area contributed by atoms with Crippen molar-refractivity contribution >= 4 is 33.5 Å². The highest BCUT2D eigenvalue weighted by Gasteiger charge is 2.07. The van der Waals surface area contributed by atoms with E-state index >= 15 is 0 Å². The SMILES string of the molecule is COc1ccc(C(=O)CSc2cccc(Br)c2)cc1. The first-order chi connectivity index (χ1) is 9.19. The van der Waals surface area contributed by atoms with Crippen molar-refractivity contribution in [2.24, 2.45) is 0 Å². The Morgan fingerprint density at radius 1 is 1.21 bits per heavy atom. The minimum atomic E-state index is 0.118. The topological polar surface area (TPSA) is 26.3 Å². The van der Waals surface area contributed by atoms with Gasteiger partial charge in [-0.05, 0) is 42.5 Å². The molecular weight excluding hydrogens is 324 g/mol. The van der Waals surface area contributed by atoms with Crippen LogP contribution in [0.3, 0.4) is 0 Å². The molecule has 0 aliphatic rings. The van der Waals surface area contributed by atoms with Crippen molar-refractivity contribution in [3.05, 3.63) is 58.6 Å². The number of hydrogen-bond acceptors (Lipinski definition) is 3. The molecule has 0 fully saturated rings. The number of carbonyl (C=O) groups excluding carboxylic acids is 1. The minimum Gasteiger partial charge on any atom is -0.497 e. The van der Waals surface area contributed by atoms with Gasteiger partial charge < -0.3 is 4.74 Å². The second kappa shape index (κ2) is 6.78. The maximum atomic E-state index is 12.0. The molecule has 2 rings (SSSR count). The van der Waals surface area contributed by atoms with Crippen LogP contribution in [0.25, 0.3) is 0 Å². The third-order valence-corrected chi connectivity index (χ3v) is 4.07. The Kier molecular flexibility index (Phi) is 5.05. The molecule has 98 valence electrons. The largest absolute Gasteiger partial charge is 0.497 e. The highest BCUT2D eigenvalue weighted by molar-refractivity contribution is 9.10. The van der Waals surface area contributed by atoms with Gasteiger partial charge in [-0.1, -0.05) is 22.0 Å². The Labute approximate surface area is 125 Å². The van der Waals surface area contributed by atoms with Crippen LogP contribution in [0.4, 0.5) is 0 Å². The molecule has 19 heavy (non-hydrogen) atoms. The van der Waals surface area contributed by atoms with Gasteiger partial charge >= 0.3 is 0 Å². The standard InChI is InChI=1S/C15H13BrO2S/c1-18-13-7-5-11(6-8-13)15(17)10-19-14-4-2-3-12(16)9-14/h2-9H,10H2,1H3. The van der Waals surface area contributed by atoms with E-state index in [1.54, 1.807) is 31.4 Å². The summed E-state index contributed by atoms with van der Waals surface area (Å²) in [4.78, 5) is 13.1. The molecular formula is C15H13BrO2S. The molecule has 0 radical (unpaired) electrons. The van der Waals surface area contributed by atoms with E-state index in [1.165, 1.54) is 11.8 Å². The smallest absolute Gasteiger partial charge is 0.173 e. The summed E-state index contributed by atoms with van der Waals surface area (Å²) < 4.78 is 6.09. The number of Topliss-reactive ketones (excluding diaryl/α,β-unsaturated/α-hetero) is 1. The quantitative estimate of drug-likeness (QED) is 0.596. The van der Waals surface area contributed by atoms with Gasteiger partial charge in [0.1, 0.15) is 5.75 Å². The van der Waals surface area contributed by atoms with Crippen molar-refractivity contribution in [1.82, 2.24) is 0 Å². The lowest BCUT2D eigenvalue weighted by Gasteiger charge is -2.04. The van der Waals surface area contributed by atoms with Crippen LogP contribution in [0.1, 0.15) is 10.4 Å². The van der Waals surface area contributed by atoms with E-state index in [9.17, 15) is 4.79 Å². The second-order valence-corrected chi connectivity index (χ2v) is 5.86. The van der Waals surface area contributed by atoms with Gasteiger partial charge in [0.2, 0.25) is 0 Å². The zero-order valence-corrected chi connectivity index (χ0v) is 12.8. The summed E-state index contributed by atoms with van der Waals surface area (Å²) in [7, 11) is 1.61. The van der Waals surface area contributed by atoms with Crippen molar-refractivity contribution in [3.8, 4) is 5.75 Å². The molecule has 0 aromatic heterocycles. The van der Waals surface area contributed by atoms with Crippen LogP contribution in [-0.4, -0.2) is 18.6 Å². The van der Waals surface area contributed by atoms with Gasteiger partial charge in [0.05, 0.1) is 12.9 Å². The fraction of sp³-hybridized carbons (Fsp3) is 0.133. The van der Waals surface area contributed by atoms with Crippen LogP contribution < -0.4 is 4.74 Å². The maximum Gasteiger partial charge on any atom is 0.173 e. The maximum absolute atomic E-state index is 12.0. The fourth-order valence-electron chi connectivity index (χ4n) is 1.57. The highest BCUT2D eigenvalue weighted by Crippen LogP contribution is 2.23. The molecule has 0 unspecified atom stereocenters. The Bertz CT molecular complexity index is 567. The van der Waals surface area contributed by atoms with Crippen molar-refractivity contribution in [1.29, 1.82) is 0 Å². The monoisotopic (exact) mass is 336 g/mol. The molecule has 0 aliphatic heterocycles. The molecule has 4 heteroatoms. The zero-order valence-electron chi connectivity index (χ0n) is 10.4. The first kappa shape index (κ1) is 14.2. The Hall–Kier alpha value is -1.26. The number of rotatable bonds is 5. The van der Waals surface area contributed by atoms with Gasteiger partial charge in [0.15, 0.2) is 5.78 Å². The number of halogens is 1. The summed E-state index contributed by atoms with van der Waals surface area (Å²) in [5.41, 5.74) is 0.711. The van der Waals surface area contributed by atoms with E-state index in [0.29, 0.717) is 11.3 Å². The molecule has 0 N–H and O–H groups in total. The van der Waals surface area contributed by atoms with E-state index < -0.39 is 0 Å². The summed E-state index contributed by atoms with van der Waals surface area (Å²) in [6.45, 7) is 0. The van der Waals surface area contributed by atoms with Crippen LogP contribution in [0.15, 0.2) is 57.9 Å². The van der Waals surface area contributed by atoms with Gasteiger partial charge in [-0.2, -0.15) is 0 Å². The molecule has 0 heterocycles. The third kappa shape index (κ3) is 4.11. The van der Waals surface area contributed by atoms with Gasteiger partial charge in [-0.25, -0.2) is 0 Å². The first-order valence-corrected chi connectivity index (χ1v) is 7.52. The highest BCUT2D eigenvalue weighted by atomic mass is 79.9. The summed E-state index contributed by atoms with van der Waals surface area (Å²) in [6, 6.07) is 15.1. The van der Waals surface area contributed by atoms with Crippen LogP contribution in [-0.2, 0) is 0 Å². The lowest BCUT2D eigenvalue weighted by molar-refractivity contribution is 0.102. The van der Waals surface area contributed by atoms with Gasteiger partial charge in [-0.3, -0.25) is 4.79 Å². The van der Waals surface area contributed by atoms with Crippen molar-refractivity contribution in [2.45, 2.75) is 4.90 Å². The number of carbonyl (C=O) groups is 1. The number of benzene rings is 2. The molecule has 0 bridgehead atoms. The molecule has 0 aliphatic carbocycles. The summed E-state index contributed by atoms with van der Waals surface area (Å²) in [6.07, 6.45) is 0. The Balaban J connectivity index is 1.97. The van der Waals surface area contributed by atoms with Gasteiger partial charge in [0, 0.05) is 14.9 Å². The summed E-state index contributed by atoms with van der Waals surface area (Å²) >= 11 is 4.95. The molecule has 2 aromatic rings. The normalized spacial score (nSPS) is 10.2. The Morgan fingerprint density at radius 3 is 2.58 bits per heavy atom. The molecule has 2 nitrogen and oxygen atoms in total. The van der Waals surface area contributed by atoms with E-state index in [1.807, 2.05) is 24.3 Å². The predicted octanol–water partition coefficient (Wildman–Crippen LogP) is 4.43. The van der Waals surface area contributed by atoms with Crippen LogP contribution in [0, 0.1) is 0 Å². The lowest BCUT2D eigenvalue weighted by Crippen LogP contribution is -2.02. The van der Waals surface area contributed by atoms with Gasteiger partial charge in [0.25, 0.3) is 0 Å². The summed E-state index contributed by atoms with van der Waals surface area (Å²) in [5.74, 6) is 1.31. The number of ether oxygens (including phenoxy) is 1. The molecule has 2 aromatic carbocycles. The fourth-order valence-corrected chi connectivity index (χ4v) is 2.97. The van der Waals surface area contributed by atoms with E-state index in [2.05, 4.69) is 15.9 Å². The number of ketones is 1. The molecule has 0 spiro atoms. The average molecular weight is 337 g/mol.